The monoisotopic (exact) mass is 957 g/mol. The van der Waals surface area contributed by atoms with E-state index < -0.39 is 90.5 Å². The van der Waals surface area contributed by atoms with Crippen molar-refractivity contribution in [3.05, 3.63) is 179 Å². The zero-order valence-electron chi connectivity index (χ0n) is 40.2. The van der Waals surface area contributed by atoms with E-state index in [1.165, 1.54) is 0 Å². The summed E-state index contributed by atoms with van der Waals surface area (Å²) in [5.74, 6) is -3.54. The number of alkyl carbamates (subject to hydrolysis) is 1. The fourth-order valence-electron chi connectivity index (χ4n) is 7.49. The van der Waals surface area contributed by atoms with Gasteiger partial charge in [0.2, 0.25) is 11.8 Å². The topological polar surface area (TPSA) is 186 Å². The van der Waals surface area contributed by atoms with E-state index in [9.17, 15) is 24.0 Å². The zero-order valence-corrected chi connectivity index (χ0v) is 40.2. The van der Waals surface area contributed by atoms with E-state index >= 15 is 0 Å². The fourth-order valence-corrected chi connectivity index (χ4v) is 7.49. The molecule has 5 aromatic carbocycles. The van der Waals surface area contributed by atoms with Gasteiger partial charge in [-0.05, 0) is 61.1 Å². The zero-order chi connectivity index (χ0) is 49.9. The van der Waals surface area contributed by atoms with Crippen LogP contribution in [-0.4, -0.2) is 84.8 Å². The Bertz CT molecular complexity index is 2400. The molecule has 6 rings (SSSR count). The van der Waals surface area contributed by atoms with Crippen molar-refractivity contribution in [2.45, 2.75) is 116 Å². The van der Waals surface area contributed by atoms with E-state index in [1.807, 2.05) is 97.1 Å². The first-order chi connectivity index (χ1) is 33.7. The highest BCUT2D eigenvalue weighted by Crippen LogP contribution is 2.31. The second-order valence-corrected chi connectivity index (χ2v) is 18.1. The standard InChI is InChI=1S/C55H63N3O12/c1-37(2)46(53(62)70-55(3,4)5)58-50(60)43(56-54(63)67-35-41-27-17-9-18-28-41)31-45(59)57-51-49(69-52(61)42-29-19-10-20-30-42)48(66-34-40-25-15-8-16-26-40)47(65-33-39-23-13-7-14-24-39)44(68-51)36-64-32-38-21-11-6-12-22-38/h6-30,37,43-44,46-49,51H,31-36H2,1-5H3,(H,56,63)(H,57,59)(H,58,60)/t43-,44+,46-,47+,48-,49-,51+/m0/s1. The van der Waals surface area contributed by atoms with E-state index in [0.29, 0.717) is 5.56 Å². The maximum Gasteiger partial charge on any atom is 0.408 e. The fraction of sp³-hybridized carbons (Fsp3) is 0.364. The molecule has 0 radical (unpaired) electrons. The summed E-state index contributed by atoms with van der Waals surface area (Å²) in [6, 6.07) is 43.0. The lowest BCUT2D eigenvalue weighted by Gasteiger charge is -2.46. The Morgan fingerprint density at radius 3 is 1.60 bits per heavy atom. The van der Waals surface area contributed by atoms with Gasteiger partial charge in [-0.2, -0.15) is 0 Å². The van der Waals surface area contributed by atoms with E-state index in [2.05, 4.69) is 16.0 Å². The van der Waals surface area contributed by atoms with Crippen molar-refractivity contribution >= 4 is 29.8 Å². The van der Waals surface area contributed by atoms with Gasteiger partial charge in [0.25, 0.3) is 0 Å². The molecule has 3 N–H and O–H groups in total. The summed E-state index contributed by atoms with van der Waals surface area (Å²) in [5.41, 5.74) is 2.61. The maximum atomic E-state index is 14.5. The van der Waals surface area contributed by atoms with Crippen LogP contribution in [0.15, 0.2) is 152 Å². The van der Waals surface area contributed by atoms with Gasteiger partial charge in [0, 0.05) is 0 Å². The molecular formula is C55H63N3O12. The molecule has 7 atom stereocenters. The first-order valence-corrected chi connectivity index (χ1v) is 23.4. The van der Waals surface area contributed by atoms with Crippen LogP contribution < -0.4 is 16.0 Å². The van der Waals surface area contributed by atoms with Crippen LogP contribution in [0.25, 0.3) is 0 Å². The van der Waals surface area contributed by atoms with Gasteiger partial charge in [-0.15, -0.1) is 0 Å². The number of hydrogen-bond acceptors (Lipinski definition) is 12. The molecular weight excluding hydrogens is 895 g/mol. The van der Waals surface area contributed by atoms with Crippen molar-refractivity contribution in [2.75, 3.05) is 6.61 Å². The van der Waals surface area contributed by atoms with Gasteiger partial charge in [0.1, 0.15) is 42.6 Å². The average Bonchev–Trinajstić information content (AvgIpc) is 3.35. The highest BCUT2D eigenvalue weighted by Gasteiger charge is 2.51. The summed E-state index contributed by atoms with van der Waals surface area (Å²) in [7, 11) is 0. The molecule has 1 aliphatic heterocycles. The van der Waals surface area contributed by atoms with Gasteiger partial charge in [-0.25, -0.2) is 14.4 Å². The minimum absolute atomic E-state index is 0.0492. The van der Waals surface area contributed by atoms with Crippen molar-refractivity contribution in [3.63, 3.8) is 0 Å². The summed E-state index contributed by atoms with van der Waals surface area (Å²) in [6.07, 6.45) is -7.43. The molecule has 1 aliphatic rings. The van der Waals surface area contributed by atoms with Crippen LogP contribution in [0.5, 0.6) is 0 Å². The van der Waals surface area contributed by atoms with Crippen molar-refractivity contribution in [2.24, 2.45) is 5.92 Å². The Morgan fingerprint density at radius 2 is 1.09 bits per heavy atom. The highest BCUT2D eigenvalue weighted by atomic mass is 16.6. The van der Waals surface area contributed by atoms with Crippen LogP contribution >= 0.6 is 0 Å². The quantitative estimate of drug-likeness (QED) is 0.0456. The third-order valence-corrected chi connectivity index (χ3v) is 11.0. The minimum atomic E-state index is -1.59. The number of esters is 2. The predicted molar refractivity (Wildman–Crippen MR) is 259 cm³/mol. The molecule has 15 heteroatoms. The Balaban J connectivity index is 1.33. The molecule has 1 saturated heterocycles. The van der Waals surface area contributed by atoms with Crippen LogP contribution in [0.2, 0.25) is 0 Å². The van der Waals surface area contributed by atoms with Gasteiger partial charge >= 0.3 is 18.0 Å². The number of carbonyl (C=O) groups is 5. The molecule has 0 spiro atoms. The molecule has 3 amide bonds. The largest absolute Gasteiger partial charge is 0.458 e. The number of carbonyl (C=O) groups excluding carboxylic acids is 5. The second-order valence-electron chi connectivity index (χ2n) is 18.1. The molecule has 0 bridgehead atoms. The van der Waals surface area contributed by atoms with Crippen molar-refractivity contribution < 1.29 is 57.1 Å². The molecule has 0 aromatic heterocycles. The lowest BCUT2D eigenvalue weighted by molar-refractivity contribution is -0.265. The first kappa shape index (κ1) is 52.5. The van der Waals surface area contributed by atoms with Gasteiger partial charge in [0.15, 0.2) is 12.3 Å². The lowest BCUT2D eigenvalue weighted by Crippen LogP contribution is -2.66. The highest BCUT2D eigenvalue weighted by molar-refractivity contribution is 5.93. The Morgan fingerprint density at radius 1 is 0.600 bits per heavy atom. The molecule has 0 saturated carbocycles. The molecule has 1 heterocycles. The number of rotatable bonds is 22. The van der Waals surface area contributed by atoms with Crippen LogP contribution in [0.3, 0.4) is 0 Å². The Labute approximate surface area is 409 Å². The van der Waals surface area contributed by atoms with Gasteiger partial charge < -0.3 is 49.1 Å². The summed E-state index contributed by atoms with van der Waals surface area (Å²) >= 11 is 0. The second kappa shape index (κ2) is 26.2. The molecule has 15 nitrogen and oxygen atoms in total. The summed E-state index contributed by atoms with van der Waals surface area (Å²) in [5, 5.41) is 8.03. The third-order valence-electron chi connectivity index (χ3n) is 11.0. The number of hydrogen-bond donors (Lipinski definition) is 3. The van der Waals surface area contributed by atoms with Gasteiger partial charge in [-0.1, -0.05) is 153 Å². The number of ether oxygens (including phenoxy) is 7. The molecule has 370 valence electrons. The molecule has 0 aliphatic carbocycles. The number of amides is 3. The number of nitrogens with one attached hydrogen (secondary N) is 3. The molecule has 5 aromatic rings. The normalized spacial score (nSPS) is 18.7. The Kier molecular flexibility index (Phi) is 19.6. The predicted octanol–water partition coefficient (Wildman–Crippen LogP) is 7.61. The number of benzene rings is 5. The molecule has 0 unspecified atom stereocenters. The summed E-state index contributed by atoms with van der Waals surface area (Å²) in [4.78, 5) is 69.5. The van der Waals surface area contributed by atoms with E-state index in [1.54, 1.807) is 89.2 Å². The smallest absolute Gasteiger partial charge is 0.408 e. The van der Waals surface area contributed by atoms with Crippen LogP contribution in [-0.2, 0) is 74.0 Å². The minimum Gasteiger partial charge on any atom is -0.458 e. The van der Waals surface area contributed by atoms with Gasteiger partial charge in [0.05, 0.1) is 38.4 Å². The average molecular weight is 958 g/mol. The Hall–Kier alpha value is -6.91. The lowest BCUT2D eigenvalue weighted by atomic mass is 9.96. The van der Waals surface area contributed by atoms with E-state index in [0.717, 1.165) is 16.7 Å². The third kappa shape index (κ3) is 16.7. The van der Waals surface area contributed by atoms with Crippen molar-refractivity contribution in [1.82, 2.24) is 16.0 Å². The first-order valence-electron chi connectivity index (χ1n) is 23.4. The maximum absolute atomic E-state index is 14.5. The molecule has 1 fully saturated rings. The van der Waals surface area contributed by atoms with Crippen LogP contribution in [0.4, 0.5) is 4.79 Å². The molecule has 70 heavy (non-hydrogen) atoms. The van der Waals surface area contributed by atoms with Crippen LogP contribution in [0, 0.1) is 5.92 Å². The summed E-state index contributed by atoms with van der Waals surface area (Å²) in [6.45, 7) is 8.77. The SMILES string of the molecule is CC(C)[C@H](NC(=O)[C@H](CC(=O)N[C@@H]1O[C@H](COCc2ccccc2)[C@@H](OCc2ccccc2)[C@H](OCc2ccccc2)[C@@H]1OC(=O)c1ccccc1)NC(=O)OCc1ccccc1)C(=O)OC(C)(C)C. The van der Waals surface area contributed by atoms with Crippen molar-refractivity contribution in [1.29, 1.82) is 0 Å². The summed E-state index contributed by atoms with van der Waals surface area (Å²) < 4.78 is 43.7. The van der Waals surface area contributed by atoms with Gasteiger partial charge in [-0.3, -0.25) is 9.59 Å². The van der Waals surface area contributed by atoms with E-state index in [-0.39, 0.29) is 38.6 Å². The van der Waals surface area contributed by atoms with Crippen molar-refractivity contribution in [3.8, 4) is 0 Å². The van der Waals surface area contributed by atoms with E-state index in [4.69, 9.17) is 33.2 Å². The van der Waals surface area contributed by atoms with Crippen LogP contribution in [0.1, 0.15) is 73.7 Å².